The third-order valence-electron chi connectivity index (χ3n) is 5.31. The maximum atomic E-state index is 12.6. The lowest BCUT2D eigenvalue weighted by Gasteiger charge is -2.24. The molecular formula is C18H26N2O. The molecule has 0 bridgehead atoms. The molecule has 2 N–H and O–H groups in total. The first kappa shape index (κ1) is 14.6. The van der Waals surface area contributed by atoms with Gasteiger partial charge >= 0.3 is 0 Å². The molecule has 0 radical (unpaired) electrons. The molecule has 1 saturated heterocycles. The molecule has 2 atom stereocenters. The molecule has 1 heterocycles. The summed E-state index contributed by atoms with van der Waals surface area (Å²) in [6, 6.07) is 8.66. The smallest absolute Gasteiger partial charge is 0.224 e. The number of piperidine rings is 1. The standard InChI is InChI=1S/C18H26N2O/c1-3-16(14-6-4-13(2)5-7-14)20-17(21)15-12-18(15)8-10-19-11-9-18/h4-7,15-16,19H,3,8-12H2,1-2H3,(H,20,21). The van der Waals surface area contributed by atoms with Gasteiger partial charge in [-0.1, -0.05) is 36.8 Å². The van der Waals surface area contributed by atoms with Crippen molar-refractivity contribution in [1.29, 1.82) is 0 Å². The van der Waals surface area contributed by atoms with E-state index in [9.17, 15) is 4.79 Å². The van der Waals surface area contributed by atoms with Crippen LogP contribution in [0.5, 0.6) is 0 Å². The zero-order valence-corrected chi connectivity index (χ0v) is 13.1. The SMILES string of the molecule is CCC(NC(=O)C1CC12CCNCC2)c1ccc(C)cc1. The molecule has 2 unspecified atom stereocenters. The highest BCUT2D eigenvalue weighted by molar-refractivity contribution is 5.83. The molecule has 1 aliphatic carbocycles. The molecule has 3 nitrogen and oxygen atoms in total. The molecule has 1 aromatic rings. The fourth-order valence-corrected chi connectivity index (χ4v) is 3.69. The van der Waals surface area contributed by atoms with Crippen LogP contribution in [0.15, 0.2) is 24.3 Å². The number of rotatable bonds is 4. The van der Waals surface area contributed by atoms with Crippen molar-refractivity contribution in [3.8, 4) is 0 Å². The number of aryl methyl sites for hydroxylation is 1. The van der Waals surface area contributed by atoms with Crippen LogP contribution in [0.1, 0.15) is 49.8 Å². The summed E-state index contributed by atoms with van der Waals surface area (Å²) in [5, 5.41) is 6.67. The first-order valence-electron chi connectivity index (χ1n) is 8.22. The molecule has 1 aromatic carbocycles. The van der Waals surface area contributed by atoms with Crippen LogP contribution in [0.4, 0.5) is 0 Å². The second-order valence-corrected chi connectivity index (χ2v) is 6.75. The Hall–Kier alpha value is -1.35. The quantitative estimate of drug-likeness (QED) is 0.893. The molecule has 2 fully saturated rings. The lowest BCUT2D eigenvalue weighted by Crippen LogP contribution is -2.35. The Morgan fingerprint density at radius 2 is 2.00 bits per heavy atom. The van der Waals surface area contributed by atoms with E-state index in [4.69, 9.17) is 0 Å². The van der Waals surface area contributed by atoms with Gasteiger partial charge in [-0.05, 0) is 56.7 Å². The van der Waals surface area contributed by atoms with E-state index < -0.39 is 0 Å². The van der Waals surface area contributed by atoms with Crippen LogP contribution in [0, 0.1) is 18.3 Å². The predicted octanol–water partition coefficient (Wildman–Crippen LogP) is 2.95. The lowest BCUT2D eigenvalue weighted by atomic mass is 9.91. The van der Waals surface area contributed by atoms with Crippen molar-refractivity contribution < 1.29 is 4.79 Å². The van der Waals surface area contributed by atoms with Crippen molar-refractivity contribution in [2.45, 2.75) is 45.6 Å². The number of amides is 1. The van der Waals surface area contributed by atoms with Gasteiger partial charge in [0.15, 0.2) is 0 Å². The van der Waals surface area contributed by atoms with Crippen molar-refractivity contribution in [2.24, 2.45) is 11.3 Å². The van der Waals surface area contributed by atoms with Gasteiger partial charge in [0, 0.05) is 5.92 Å². The molecule has 2 aliphatic rings. The number of carbonyl (C=O) groups excluding carboxylic acids is 1. The summed E-state index contributed by atoms with van der Waals surface area (Å²) in [5.41, 5.74) is 2.80. The molecule has 1 saturated carbocycles. The molecule has 21 heavy (non-hydrogen) atoms. The Labute approximate surface area is 127 Å². The number of nitrogens with one attached hydrogen (secondary N) is 2. The molecule has 3 heteroatoms. The monoisotopic (exact) mass is 286 g/mol. The van der Waals surface area contributed by atoms with Crippen molar-refractivity contribution >= 4 is 5.91 Å². The second kappa shape index (κ2) is 5.80. The molecule has 0 aromatic heterocycles. The Kier molecular flexibility index (Phi) is 4.03. The van der Waals surface area contributed by atoms with Crippen LogP contribution in [-0.2, 0) is 4.79 Å². The van der Waals surface area contributed by atoms with Crippen LogP contribution in [0.3, 0.4) is 0 Å². The average Bonchev–Trinajstić information content (AvgIpc) is 3.20. The Morgan fingerprint density at radius 1 is 1.33 bits per heavy atom. The van der Waals surface area contributed by atoms with Gasteiger partial charge in [-0.15, -0.1) is 0 Å². The van der Waals surface area contributed by atoms with E-state index in [1.54, 1.807) is 0 Å². The topological polar surface area (TPSA) is 41.1 Å². The van der Waals surface area contributed by atoms with E-state index in [0.29, 0.717) is 5.41 Å². The Bertz CT molecular complexity index is 502. The van der Waals surface area contributed by atoms with Crippen LogP contribution in [0.25, 0.3) is 0 Å². The van der Waals surface area contributed by atoms with Gasteiger partial charge in [0.25, 0.3) is 0 Å². The molecule has 1 aliphatic heterocycles. The Morgan fingerprint density at radius 3 is 2.62 bits per heavy atom. The van der Waals surface area contributed by atoms with Gasteiger partial charge in [0.2, 0.25) is 5.91 Å². The van der Waals surface area contributed by atoms with E-state index in [-0.39, 0.29) is 17.9 Å². The van der Waals surface area contributed by atoms with Crippen LogP contribution in [-0.4, -0.2) is 19.0 Å². The van der Waals surface area contributed by atoms with Gasteiger partial charge < -0.3 is 10.6 Å². The summed E-state index contributed by atoms with van der Waals surface area (Å²) in [4.78, 5) is 12.6. The molecule has 1 amide bonds. The maximum Gasteiger partial charge on any atom is 0.224 e. The summed E-state index contributed by atoms with van der Waals surface area (Å²) in [7, 11) is 0. The van der Waals surface area contributed by atoms with Gasteiger partial charge in [-0.2, -0.15) is 0 Å². The van der Waals surface area contributed by atoms with E-state index in [1.807, 2.05) is 0 Å². The molecule has 3 rings (SSSR count). The van der Waals surface area contributed by atoms with E-state index in [2.05, 4.69) is 48.7 Å². The fourth-order valence-electron chi connectivity index (χ4n) is 3.69. The van der Waals surface area contributed by atoms with Crippen molar-refractivity contribution in [3.63, 3.8) is 0 Å². The van der Waals surface area contributed by atoms with Gasteiger partial charge in [-0.3, -0.25) is 4.79 Å². The largest absolute Gasteiger partial charge is 0.349 e. The highest BCUT2D eigenvalue weighted by atomic mass is 16.2. The van der Waals surface area contributed by atoms with Gasteiger partial charge in [0.05, 0.1) is 6.04 Å². The van der Waals surface area contributed by atoms with E-state index in [0.717, 1.165) is 38.8 Å². The van der Waals surface area contributed by atoms with Crippen molar-refractivity contribution in [3.05, 3.63) is 35.4 Å². The molecular weight excluding hydrogens is 260 g/mol. The predicted molar refractivity (Wildman–Crippen MR) is 85.0 cm³/mol. The number of hydrogen-bond donors (Lipinski definition) is 2. The average molecular weight is 286 g/mol. The summed E-state index contributed by atoms with van der Waals surface area (Å²) in [6.07, 6.45) is 4.35. The number of benzene rings is 1. The van der Waals surface area contributed by atoms with E-state index in [1.165, 1.54) is 11.1 Å². The first-order chi connectivity index (χ1) is 10.1. The summed E-state index contributed by atoms with van der Waals surface area (Å²) >= 11 is 0. The maximum absolute atomic E-state index is 12.6. The minimum atomic E-state index is 0.150. The zero-order chi connectivity index (χ0) is 14.9. The minimum absolute atomic E-state index is 0.150. The van der Waals surface area contributed by atoms with Gasteiger partial charge in [-0.25, -0.2) is 0 Å². The normalized spacial score (nSPS) is 24.6. The molecule has 114 valence electrons. The third-order valence-corrected chi connectivity index (χ3v) is 5.31. The van der Waals surface area contributed by atoms with Crippen LogP contribution >= 0.6 is 0 Å². The summed E-state index contributed by atoms with van der Waals surface area (Å²) in [6.45, 7) is 6.37. The Balaban J connectivity index is 1.62. The van der Waals surface area contributed by atoms with Crippen LogP contribution in [0.2, 0.25) is 0 Å². The molecule has 1 spiro atoms. The van der Waals surface area contributed by atoms with Crippen molar-refractivity contribution in [1.82, 2.24) is 10.6 Å². The van der Waals surface area contributed by atoms with E-state index >= 15 is 0 Å². The summed E-state index contributed by atoms with van der Waals surface area (Å²) in [5.74, 6) is 0.517. The van der Waals surface area contributed by atoms with Crippen LogP contribution < -0.4 is 10.6 Å². The highest BCUT2D eigenvalue weighted by Crippen LogP contribution is 2.58. The minimum Gasteiger partial charge on any atom is -0.349 e. The zero-order valence-electron chi connectivity index (χ0n) is 13.1. The van der Waals surface area contributed by atoms with Gasteiger partial charge in [0.1, 0.15) is 0 Å². The number of carbonyl (C=O) groups is 1. The third kappa shape index (κ3) is 2.98. The lowest BCUT2D eigenvalue weighted by molar-refractivity contribution is -0.124. The summed E-state index contributed by atoms with van der Waals surface area (Å²) < 4.78 is 0. The number of hydrogen-bond acceptors (Lipinski definition) is 2. The highest BCUT2D eigenvalue weighted by Gasteiger charge is 2.57. The first-order valence-corrected chi connectivity index (χ1v) is 8.22. The fraction of sp³-hybridized carbons (Fsp3) is 0.611. The second-order valence-electron chi connectivity index (χ2n) is 6.75. The van der Waals surface area contributed by atoms with Crippen molar-refractivity contribution in [2.75, 3.05) is 13.1 Å².